The van der Waals surface area contributed by atoms with Gasteiger partial charge < -0.3 is 11.1 Å². The molecule has 106 valence electrons. The van der Waals surface area contributed by atoms with Crippen molar-refractivity contribution < 1.29 is 4.79 Å². The second kappa shape index (κ2) is 6.15. The molecule has 20 heavy (non-hydrogen) atoms. The Kier molecular flexibility index (Phi) is 4.52. The molecule has 0 aliphatic rings. The largest absolute Gasteiger partial charge is 0.344 e. The number of carbonyl (C=O) groups is 1. The first-order chi connectivity index (χ1) is 9.47. The normalized spacial score (nSPS) is 13.8. The van der Waals surface area contributed by atoms with Crippen LogP contribution in [-0.4, -0.2) is 10.9 Å². The Balaban J connectivity index is 2.07. The number of amides is 1. The van der Waals surface area contributed by atoms with Gasteiger partial charge in [0, 0.05) is 5.38 Å². The molecule has 0 radical (unpaired) electrons. The molecule has 1 unspecified atom stereocenters. The summed E-state index contributed by atoms with van der Waals surface area (Å²) in [6.45, 7) is 5.86. The van der Waals surface area contributed by atoms with Gasteiger partial charge in [-0.1, -0.05) is 29.8 Å². The summed E-state index contributed by atoms with van der Waals surface area (Å²) in [6, 6.07) is 7.90. The Morgan fingerprint density at radius 2 is 2.15 bits per heavy atom. The fourth-order valence-corrected chi connectivity index (χ4v) is 2.65. The summed E-state index contributed by atoms with van der Waals surface area (Å²) in [5, 5.41) is 5.48. The highest BCUT2D eigenvalue weighted by Gasteiger charge is 2.15. The van der Waals surface area contributed by atoms with Crippen LogP contribution in [0.5, 0.6) is 0 Å². The summed E-state index contributed by atoms with van der Waals surface area (Å²) in [7, 11) is 0. The molecule has 0 aliphatic carbocycles. The molecule has 0 fully saturated rings. The zero-order chi connectivity index (χ0) is 14.7. The van der Waals surface area contributed by atoms with Crippen LogP contribution in [0, 0.1) is 6.92 Å². The van der Waals surface area contributed by atoms with E-state index in [0.29, 0.717) is 5.69 Å². The van der Waals surface area contributed by atoms with Crippen LogP contribution < -0.4 is 11.1 Å². The zero-order valence-electron chi connectivity index (χ0n) is 11.9. The van der Waals surface area contributed by atoms with Gasteiger partial charge in [0.15, 0.2) is 0 Å². The lowest BCUT2D eigenvalue weighted by molar-refractivity contribution is 0.0935. The van der Waals surface area contributed by atoms with Gasteiger partial charge in [-0.05, 0) is 26.3 Å². The lowest BCUT2D eigenvalue weighted by atomic mass is 10.1. The monoisotopic (exact) mass is 289 g/mol. The van der Waals surface area contributed by atoms with Crippen molar-refractivity contribution in [2.75, 3.05) is 0 Å². The zero-order valence-corrected chi connectivity index (χ0v) is 12.7. The van der Waals surface area contributed by atoms with Crippen LogP contribution in [0.15, 0.2) is 29.6 Å². The predicted octanol–water partition coefficient (Wildman–Crippen LogP) is 2.96. The minimum Gasteiger partial charge on any atom is -0.344 e. The van der Waals surface area contributed by atoms with Gasteiger partial charge in [0.2, 0.25) is 0 Å². The number of nitrogens with two attached hydrogens (primary N) is 1. The maximum absolute atomic E-state index is 12.1. The Morgan fingerprint density at radius 1 is 1.40 bits per heavy atom. The average molecular weight is 289 g/mol. The van der Waals surface area contributed by atoms with Crippen molar-refractivity contribution in [1.82, 2.24) is 10.3 Å². The molecule has 3 N–H and O–H groups in total. The van der Waals surface area contributed by atoms with Crippen LogP contribution in [0.2, 0.25) is 0 Å². The predicted molar refractivity (Wildman–Crippen MR) is 81.8 cm³/mol. The molecular weight excluding hydrogens is 270 g/mol. The molecule has 1 amide bonds. The van der Waals surface area contributed by atoms with Crippen LogP contribution in [0.4, 0.5) is 0 Å². The standard InChI is InChI=1S/C15H19N3OS/c1-9-5-4-6-12(7-9)11(3)17-14(19)13-8-20-15(18-13)10(2)16/h4-8,10-11H,16H2,1-3H3,(H,17,19)/t10?,11-/m1/s1. The number of hydrogen-bond acceptors (Lipinski definition) is 4. The van der Waals surface area contributed by atoms with Crippen molar-refractivity contribution in [3.8, 4) is 0 Å². The number of nitrogens with zero attached hydrogens (tertiary/aromatic N) is 1. The Hall–Kier alpha value is -1.72. The topological polar surface area (TPSA) is 68.0 Å². The van der Waals surface area contributed by atoms with E-state index in [2.05, 4.69) is 16.4 Å². The molecule has 0 aliphatic heterocycles. The summed E-state index contributed by atoms with van der Waals surface area (Å²) >= 11 is 1.41. The first-order valence-electron chi connectivity index (χ1n) is 6.56. The van der Waals surface area contributed by atoms with Crippen LogP contribution >= 0.6 is 11.3 Å². The van der Waals surface area contributed by atoms with Gasteiger partial charge in [0.1, 0.15) is 10.7 Å². The third-order valence-electron chi connectivity index (χ3n) is 3.03. The highest BCUT2D eigenvalue weighted by molar-refractivity contribution is 7.09. The molecule has 0 saturated carbocycles. The number of rotatable bonds is 4. The van der Waals surface area contributed by atoms with Crippen LogP contribution in [0.1, 0.15) is 52.6 Å². The molecule has 0 saturated heterocycles. The summed E-state index contributed by atoms with van der Waals surface area (Å²) in [4.78, 5) is 16.4. The Bertz CT molecular complexity index is 607. The maximum Gasteiger partial charge on any atom is 0.271 e. The highest BCUT2D eigenvalue weighted by atomic mass is 32.1. The molecule has 0 bridgehead atoms. The molecule has 1 aromatic carbocycles. The summed E-state index contributed by atoms with van der Waals surface area (Å²) < 4.78 is 0. The highest BCUT2D eigenvalue weighted by Crippen LogP contribution is 2.18. The molecule has 1 aromatic heterocycles. The molecule has 2 atom stereocenters. The summed E-state index contributed by atoms with van der Waals surface area (Å²) in [6.07, 6.45) is 0. The van der Waals surface area contributed by atoms with Crippen molar-refractivity contribution in [2.24, 2.45) is 5.73 Å². The van der Waals surface area contributed by atoms with Crippen molar-refractivity contribution >= 4 is 17.2 Å². The quantitative estimate of drug-likeness (QED) is 0.909. The van der Waals surface area contributed by atoms with Gasteiger partial charge in [0.25, 0.3) is 5.91 Å². The first-order valence-corrected chi connectivity index (χ1v) is 7.43. The molecule has 0 spiro atoms. The number of thiazole rings is 1. The molecule has 1 heterocycles. The van der Waals surface area contributed by atoms with Crippen molar-refractivity contribution in [3.05, 3.63) is 51.5 Å². The van der Waals surface area contributed by atoms with Crippen LogP contribution in [-0.2, 0) is 0 Å². The van der Waals surface area contributed by atoms with Gasteiger partial charge >= 0.3 is 0 Å². The molecule has 5 heteroatoms. The van der Waals surface area contributed by atoms with E-state index in [1.807, 2.05) is 39.0 Å². The summed E-state index contributed by atoms with van der Waals surface area (Å²) in [5.41, 5.74) is 8.45. The van der Waals surface area contributed by atoms with Crippen molar-refractivity contribution in [2.45, 2.75) is 32.9 Å². The van der Waals surface area contributed by atoms with E-state index < -0.39 is 0 Å². The van der Waals surface area contributed by atoms with Gasteiger partial charge in [0.05, 0.1) is 12.1 Å². The number of hydrogen-bond donors (Lipinski definition) is 2. The number of nitrogens with one attached hydrogen (secondary N) is 1. The lowest BCUT2D eigenvalue weighted by Gasteiger charge is -2.14. The van der Waals surface area contributed by atoms with Gasteiger partial charge in [-0.2, -0.15) is 0 Å². The summed E-state index contributed by atoms with van der Waals surface area (Å²) in [5.74, 6) is -0.165. The molecule has 2 aromatic rings. The first kappa shape index (κ1) is 14.7. The van der Waals surface area contributed by atoms with Crippen LogP contribution in [0.25, 0.3) is 0 Å². The van der Waals surface area contributed by atoms with Crippen LogP contribution in [0.3, 0.4) is 0 Å². The molecular formula is C15H19N3OS. The number of aryl methyl sites for hydroxylation is 1. The number of carbonyl (C=O) groups excluding carboxylic acids is 1. The van der Waals surface area contributed by atoms with E-state index in [1.54, 1.807) is 5.38 Å². The van der Waals surface area contributed by atoms with Gasteiger partial charge in [-0.15, -0.1) is 11.3 Å². The number of aromatic nitrogens is 1. The minimum atomic E-state index is -0.165. The molecule has 2 rings (SSSR count). The van der Waals surface area contributed by atoms with E-state index in [9.17, 15) is 4.79 Å². The van der Waals surface area contributed by atoms with Gasteiger partial charge in [-0.3, -0.25) is 4.79 Å². The lowest BCUT2D eigenvalue weighted by Crippen LogP contribution is -2.27. The second-order valence-electron chi connectivity index (χ2n) is 4.97. The van der Waals surface area contributed by atoms with Crippen molar-refractivity contribution in [3.63, 3.8) is 0 Å². The second-order valence-corrected chi connectivity index (χ2v) is 5.86. The van der Waals surface area contributed by atoms with Crippen molar-refractivity contribution in [1.29, 1.82) is 0 Å². The molecule has 4 nitrogen and oxygen atoms in total. The Labute approximate surface area is 123 Å². The number of benzene rings is 1. The van der Waals surface area contributed by atoms with E-state index >= 15 is 0 Å². The maximum atomic E-state index is 12.1. The van der Waals surface area contributed by atoms with E-state index in [4.69, 9.17) is 5.73 Å². The Morgan fingerprint density at radius 3 is 2.75 bits per heavy atom. The van der Waals surface area contributed by atoms with E-state index in [0.717, 1.165) is 10.6 Å². The third kappa shape index (κ3) is 3.43. The minimum absolute atomic E-state index is 0.0529. The third-order valence-corrected chi connectivity index (χ3v) is 4.08. The smallest absolute Gasteiger partial charge is 0.271 e. The van der Waals surface area contributed by atoms with E-state index in [-0.39, 0.29) is 18.0 Å². The fraction of sp³-hybridized carbons (Fsp3) is 0.333. The SMILES string of the molecule is Cc1cccc([C@@H](C)NC(=O)c2csc(C(C)N)n2)c1. The fourth-order valence-electron chi connectivity index (χ4n) is 1.89. The van der Waals surface area contributed by atoms with E-state index in [1.165, 1.54) is 16.9 Å². The van der Waals surface area contributed by atoms with Gasteiger partial charge in [-0.25, -0.2) is 4.98 Å². The average Bonchev–Trinajstić information content (AvgIpc) is 2.88.